The van der Waals surface area contributed by atoms with Crippen LogP contribution in [0.2, 0.25) is 0 Å². The van der Waals surface area contributed by atoms with Crippen molar-refractivity contribution in [1.29, 1.82) is 0 Å². The summed E-state index contributed by atoms with van der Waals surface area (Å²) in [5, 5.41) is 0. The monoisotopic (exact) mass is 1030 g/mol. The first kappa shape index (κ1) is 76.3. The molecule has 0 aliphatic carbocycles. The minimum atomic E-state index is -1.11. The van der Waals surface area contributed by atoms with Gasteiger partial charge in [0.05, 0.1) is 5.71 Å². The Morgan fingerprint density at radius 2 is 0.826 bits per heavy atom. The Morgan fingerprint density at radius 1 is 0.609 bits per heavy atom. The van der Waals surface area contributed by atoms with E-state index in [9.17, 15) is 4.21 Å². The Hall–Kier alpha value is 0.369. The second kappa shape index (κ2) is 41.5. The minimum absolute atomic E-state index is 0. The van der Waals surface area contributed by atoms with E-state index in [-0.39, 0.29) is 93.2 Å². The van der Waals surface area contributed by atoms with Crippen molar-refractivity contribution in [1.82, 2.24) is 0 Å². The Bertz CT molecular complexity index is 991. The van der Waals surface area contributed by atoms with Crippen molar-refractivity contribution >= 4 is 102 Å². The average molecular weight is 1030 g/mol. The molecule has 1 atom stereocenters. The zero-order valence-corrected chi connectivity index (χ0v) is 32.1. The summed E-state index contributed by atoms with van der Waals surface area (Å²) < 4.78 is 14.7. The van der Waals surface area contributed by atoms with Crippen LogP contribution in [0.25, 0.3) is 0 Å². The van der Waals surface area contributed by atoms with Gasteiger partial charge in [0.15, 0.2) is 0 Å². The summed E-state index contributed by atoms with van der Waals surface area (Å²) in [7, 11) is -1.11. The van der Waals surface area contributed by atoms with Crippen LogP contribution in [0.3, 0.4) is 0 Å². The van der Waals surface area contributed by atoms with Crippen molar-refractivity contribution in [2.45, 2.75) is 97.7 Å². The van der Waals surface area contributed by atoms with E-state index in [0.717, 1.165) is 11.3 Å². The summed E-state index contributed by atoms with van der Waals surface area (Å²) in [6.07, 6.45) is 1.56. The van der Waals surface area contributed by atoms with Crippen LogP contribution >= 0.6 is 59.9 Å². The van der Waals surface area contributed by atoms with Gasteiger partial charge in [0, 0.05) is 42.6 Å². The van der Waals surface area contributed by atoms with Crippen molar-refractivity contribution in [3.8, 4) is 0 Å². The summed E-state index contributed by atoms with van der Waals surface area (Å²) in [5.41, 5.74) is 15.5. The molecule has 0 spiro atoms. The molecule has 0 aromatic heterocycles. The average Bonchev–Trinajstić information content (AvgIpc) is 2.80. The fourth-order valence-corrected chi connectivity index (χ4v) is 3.15. The van der Waals surface area contributed by atoms with E-state index in [2.05, 4.69) is 64.3 Å². The zero-order valence-electron chi connectivity index (χ0n) is 23.4. The molecule has 0 amide bonds. The first-order valence-electron chi connectivity index (χ1n) is 11.0. The Kier molecular flexibility index (Phi) is 68.9. The van der Waals surface area contributed by atoms with E-state index in [0.29, 0.717) is 0 Å². The fraction of sp³-hybridized carbons (Fsp3) is 0.441. The van der Waals surface area contributed by atoms with Crippen LogP contribution in [0, 0.1) is 0 Å². The van der Waals surface area contributed by atoms with E-state index in [1.807, 2.05) is 126 Å². The van der Waals surface area contributed by atoms with Gasteiger partial charge in [-0.05, 0) is 51.3 Å². The van der Waals surface area contributed by atoms with Crippen molar-refractivity contribution < 1.29 is 9.13 Å². The third kappa shape index (κ3) is 42.4. The van der Waals surface area contributed by atoms with Crippen molar-refractivity contribution in [2.24, 2.45) is 15.9 Å². The van der Waals surface area contributed by atoms with Crippen LogP contribution in [0.5, 0.6) is 0 Å². The van der Waals surface area contributed by atoms with Gasteiger partial charge in [-0.25, -0.2) is 4.21 Å². The van der Waals surface area contributed by atoms with Crippen molar-refractivity contribution in [3.05, 3.63) is 108 Å². The van der Waals surface area contributed by atoms with E-state index >= 15 is 0 Å². The number of rotatable bonds is 4. The van der Waals surface area contributed by atoms with Crippen LogP contribution in [0.4, 0.5) is 0 Å². The fourth-order valence-electron chi connectivity index (χ4n) is 2.66. The van der Waals surface area contributed by atoms with E-state index in [1.165, 1.54) is 11.1 Å². The Morgan fingerprint density at radius 3 is 1.00 bits per heavy atom. The molecule has 0 unspecified atom stereocenters. The van der Waals surface area contributed by atoms with Crippen LogP contribution in [-0.2, 0) is 27.0 Å². The van der Waals surface area contributed by atoms with Gasteiger partial charge < -0.3 is 11.5 Å². The molecule has 4 N–H and O–H groups in total. The molecule has 3 aromatic rings. The molecule has 0 fully saturated rings. The summed E-state index contributed by atoms with van der Waals surface area (Å²) in [5.74, 6) is 0. The van der Waals surface area contributed by atoms with Crippen LogP contribution < -0.4 is 11.5 Å². The summed E-state index contributed by atoms with van der Waals surface area (Å²) in [4.78, 5) is -0.278. The number of benzene rings is 3. The van der Waals surface area contributed by atoms with Gasteiger partial charge in [-0.15, -0.1) is 0 Å². The van der Waals surface area contributed by atoms with Crippen LogP contribution in [-0.4, -0.2) is 41.4 Å². The molecular weight excluding hydrogens is 963 g/mol. The van der Waals surface area contributed by atoms with Crippen molar-refractivity contribution in [3.63, 3.8) is 0 Å². The van der Waals surface area contributed by atoms with E-state index in [4.69, 9.17) is 11.5 Å². The van der Waals surface area contributed by atoms with Gasteiger partial charge in [-0.3, -0.25) is 0 Å². The molecule has 3 rings (SSSR count). The number of hydrogen-bond acceptors (Lipinski definition) is 3. The van der Waals surface area contributed by atoms with Gasteiger partial charge in [-0.1, -0.05) is 143 Å². The Labute approximate surface area is 334 Å². The molecule has 0 saturated heterocycles. The standard InChI is InChI=1S/C9H11NOS.2C9H13N.7CH4.3B.3HI.V/c1-8(10-12(2)11)9-6-4-3-5-7-9;2*1-9(2,10)8-6-4-3-5-7-8;;;;;;;;;;;;;;/h3-7H,1-2H3;2*3-7H,10H2,1-2H3;7*1H4;;;;3*1H;/q;;;;;;;;;;;;;;;;+3/p-3/t12-;;;;;;;;;;;;;;;;/m0................/s1. The molecule has 3 aromatic carbocycles. The Balaban J connectivity index is -0.0000000381. The van der Waals surface area contributed by atoms with Crippen molar-refractivity contribution in [2.75, 3.05) is 6.26 Å². The maximum absolute atomic E-state index is 10.8. The first-order valence-corrected chi connectivity index (χ1v) is 26.1. The van der Waals surface area contributed by atoms with E-state index < -0.39 is 11.0 Å². The molecule has 46 heavy (non-hydrogen) atoms. The summed E-state index contributed by atoms with van der Waals surface area (Å²) >= 11 is 7.39. The van der Waals surface area contributed by atoms with Gasteiger partial charge in [0.1, 0.15) is 11.0 Å². The molecular formula is C34H65B3I3N3OSV. The molecule has 0 aliphatic rings. The maximum atomic E-state index is 10.8. The zero-order chi connectivity index (χ0) is 27.8. The van der Waals surface area contributed by atoms with Gasteiger partial charge in [0.25, 0.3) is 0 Å². The predicted octanol–water partition coefficient (Wildman–Crippen LogP) is 11.5. The topological polar surface area (TPSA) is 81.5 Å². The second-order valence-corrected chi connectivity index (χ2v) is 45.2. The van der Waals surface area contributed by atoms with E-state index in [1.54, 1.807) is 6.26 Å². The third-order valence-corrected chi connectivity index (χ3v) is 5.02. The predicted molar refractivity (Wildman–Crippen MR) is 246 cm³/mol. The molecule has 4 nitrogen and oxygen atoms in total. The van der Waals surface area contributed by atoms with Gasteiger partial charge in [0.2, 0.25) is 0 Å². The van der Waals surface area contributed by atoms with Crippen LogP contribution in [0.15, 0.2) is 95.4 Å². The molecule has 263 valence electrons. The number of nitrogens with zero attached hydrogens (tertiary/aromatic N) is 1. The molecule has 9 radical (unpaired) electrons. The quantitative estimate of drug-likeness (QED) is 0.155. The first-order chi connectivity index (χ1) is 16.6. The molecule has 12 heteroatoms. The summed E-state index contributed by atoms with van der Waals surface area (Å²) in [6, 6.07) is 29.9. The van der Waals surface area contributed by atoms with Crippen LogP contribution in [0.1, 0.15) is 103 Å². The number of halogens is 3. The molecule has 0 bridgehead atoms. The molecule has 0 aliphatic heterocycles. The third-order valence-electron chi connectivity index (χ3n) is 4.49. The molecule has 0 saturated carbocycles. The molecule has 0 heterocycles. The van der Waals surface area contributed by atoms with Gasteiger partial charge in [-0.2, -0.15) is 4.40 Å². The number of nitrogens with two attached hydrogens (primary N) is 2. The SMILES string of the molecule is C.C.C.C.C.C.C.CC(=N[S@](C)=O)c1ccccc1.CC(C)(N)c1ccccc1.CC(C)(N)c1ccccc1.[B].[B].[B].[I][V]([I])[I]. The normalized spacial score (nSPS) is 9.52. The second-order valence-electron chi connectivity index (χ2n) is 8.83. The van der Waals surface area contributed by atoms with Gasteiger partial charge >= 0.3 is 64.9 Å². The summed E-state index contributed by atoms with van der Waals surface area (Å²) in [6.45, 7) is 9.87. The number of hydrogen-bond donors (Lipinski definition) is 2.